The van der Waals surface area contributed by atoms with Gasteiger partial charge >= 0.3 is 0 Å². The molecule has 0 spiro atoms. The molecule has 0 saturated carbocycles. The lowest BCUT2D eigenvalue weighted by Gasteiger charge is -2.13. The van der Waals surface area contributed by atoms with E-state index in [0.717, 1.165) is 83.7 Å². The van der Waals surface area contributed by atoms with Crippen LogP contribution in [0.5, 0.6) is 0 Å². The number of para-hydroxylation sites is 3. The van der Waals surface area contributed by atoms with Crippen LogP contribution in [0.15, 0.2) is 286 Å². The minimum atomic E-state index is 0.890. The Morgan fingerprint density at radius 1 is 0.354 bits per heavy atom. The molecule has 0 N–H and O–H groups in total. The van der Waals surface area contributed by atoms with E-state index >= 15 is 0 Å². The normalized spacial score (nSPS) is 11.1. The van der Waals surface area contributed by atoms with E-state index in [9.17, 15) is 0 Å². The molecule has 79 heavy (non-hydrogen) atoms. The topological polar surface area (TPSA) is 40.6 Å². The average molecular weight is 1020 g/mol. The second kappa shape index (κ2) is 23.0. The van der Waals surface area contributed by atoms with Crippen LogP contribution in [0.3, 0.4) is 0 Å². The first-order chi connectivity index (χ1) is 39.0. The van der Waals surface area contributed by atoms with E-state index in [2.05, 4.69) is 263 Å². The lowest BCUT2D eigenvalue weighted by Crippen LogP contribution is -2.00. The van der Waals surface area contributed by atoms with Gasteiger partial charge in [-0.3, -0.25) is 9.55 Å². The third-order valence-electron chi connectivity index (χ3n) is 14.2. The van der Waals surface area contributed by atoms with Gasteiger partial charge < -0.3 is 9.13 Å². The number of fused-ring (bicyclic) bond motifs is 9. The molecular weight excluding hydrogens is 959 g/mol. The summed E-state index contributed by atoms with van der Waals surface area (Å²) in [6.45, 7) is 14.7. The Balaban J connectivity index is 0.000000615. The highest BCUT2D eigenvalue weighted by atomic mass is 15.1. The molecule has 382 valence electrons. The third kappa shape index (κ3) is 9.75. The molecule has 0 amide bonds. The summed E-state index contributed by atoms with van der Waals surface area (Å²) in [4.78, 5) is 10.2. The molecule has 0 aliphatic carbocycles. The lowest BCUT2D eigenvalue weighted by molar-refractivity contribution is 1.08. The Morgan fingerprint density at radius 3 is 1.41 bits per heavy atom. The van der Waals surface area contributed by atoms with Crippen LogP contribution < -0.4 is 0 Å². The molecular formula is C74H61N5. The Kier molecular flexibility index (Phi) is 14.9. The van der Waals surface area contributed by atoms with Gasteiger partial charge in [-0.15, -0.1) is 6.58 Å². The van der Waals surface area contributed by atoms with Crippen molar-refractivity contribution in [1.82, 2.24) is 23.7 Å². The number of pyridine rings is 2. The predicted octanol–water partition coefficient (Wildman–Crippen LogP) is 20.4. The van der Waals surface area contributed by atoms with E-state index in [-0.39, 0.29) is 0 Å². The molecule has 5 nitrogen and oxygen atoms in total. The van der Waals surface area contributed by atoms with Gasteiger partial charge in [0.05, 0.1) is 44.3 Å². The van der Waals surface area contributed by atoms with Gasteiger partial charge in [0.15, 0.2) is 0 Å². The van der Waals surface area contributed by atoms with Gasteiger partial charge in [-0.1, -0.05) is 190 Å². The lowest BCUT2D eigenvalue weighted by atomic mass is 10.0. The molecule has 5 heterocycles. The van der Waals surface area contributed by atoms with Gasteiger partial charge in [-0.2, -0.15) is 0 Å². The summed E-state index contributed by atoms with van der Waals surface area (Å²) in [5.74, 6) is 0.890. The molecule has 0 radical (unpaired) electrons. The first-order valence-corrected chi connectivity index (χ1v) is 27.1. The quantitative estimate of drug-likeness (QED) is 0.112. The SMILES string of the molecule is C=C/C=C\C.C=CC.CC.c1ccc(-c2cc(-c3ccccc3)nc(-n3c4ccccc4c4cc(-c5ccc6c(c5)c5ccccc5n6-c5cccc(-c6ccc7c(c6)c6ncccc6n7-c6ccccc6)c5)ccc43)c2)cc1. The molecule has 9 aromatic carbocycles. The standard InChI is InChI=1S/C64H41N5.C5H8.C3H6.C2H6/c1-4-16-42(17-5-1)48-40-56(43-18-6-2-7-19-43)66-63(41-48)69-58-27-13-11-25-52(58)54-38-46(30-33-60(54)69)45-29-32-59-53(37-45)51-24-10-12-26-57(51)68(59)50-23-14-20-44(36-50)47-31-34-61-55(39-47)64-62(28-15-35-65-64)67(61)49-21-8-3-9-22-49;1-3-5-4-2;1-3-2;1-2/h1-41H;3-5H,1H2,2H3;3H,1H2,2H3;1-2H3/b;5-4-;;. The predicted molar refractivity (Wildman–Crippen MR) is 339 cm³/mol. The van der Waals surface area contributed by atoms with E-state index in [4.69, 9.17) is 9.97 Å². The zero-order valence-electron chi connectivity index (χ0n) is 45.1. The molecule has 0 bridgehead atoms. The van der Waals surface area contributed by atoms with Crippen molar-refractivity contribution >= 4 is 65.5 Å². The second-order valence-electron chi connectivity index (χ2n) is 19.0. The van der Waals surface area contributed by atoms with Crippen LogP contribution in [0.1, 0.15) is 27.7 Å². The van der Waals surface area contributed by atoms with Crippen LogP contribution in [-0.2, 0) is 0 Å². The Bertz CT molecular complexity index is 4440. The number of hydrogen-bond donors (Lipinski definition) is 0. The average Bonchev–Trinajstić information content (AvgIpc) is 4.39. The van der Waals surface area contributed by atoms with Gasteiger partial charge in [-0.25, -0.2) is 4.98 Å². The van der Waals surface area contributed by atoms with E-state index in [1.54, 1.807) is 12.2 Å². The molecule has 0 unspecified atom stereocenters. The van der Waals surface area contributed by atoms with E-state index < -0.39 is 0 Å². The highest BCUT2D eigenvalue weighted by Crippen LogP contribution is 2.40. The van der Waals surface area contributed by atoms with Crippen molar-refractivity contribution in [3.05, 3.63) is 286 Å². The highest BCUT2D eigenvalue weighted by molar-refractivity contribution is 6.13. The van der Waals surface area contributed by atoms with Crippen molar-refractivity contribution in [1.29, 1.82) is 0 Å². The maximum absolute atomic E-state index is 5.36. The summed E-state index contributed by atoms with van der Waals surface area (Å²) in [6.07, 6.45) is 9.22. The summed E-state index contributed by atoms with van der Waals surface area (Å²) in [6, 6.07) is 87.3. The molecule has 5 aromatic heterocycles. The summed E-state index contributed by atoms with van der Waals surface area (Å²) < 4.78 is 7.05. The zero-order valence-corrected chi connectivity index (χ0v) is 45.1. The Labute approximate surface area is 462 Å². The fraction of sp³-hybridized carbons (Fsp3) is 0.0541. The largest absolute Gasteiger partial charge is 0.309 e. The van der Waals surface area contributed by atoms with Crippen molar-refractivity contribution in [2.75, 3.05) is 0 Å². The second-order valence-corrected chi connectivity index (χ2v) is 19.0. The smallest absolute Gasteiger partial charge is 0.138 e. The summed E-state index contributed by atoms with van der Waals surface area (Å²) in [7, 11) is 0. The molecule has 14 rings (SSSR count). The van der Waals surface area contributed by atoms with E-state index in [1.165, 1.54) is 43.7 Å². The van der Waals surface area contributed by atoms with Crippen molar-refractivity contribution in [3.8, 4) is 61.8 Å². The van der Waals surface area contributed by atoms with Gasteiger partial charge in [0.2, 0.25) is 0 Å². The number of nitrogens with zero attached hydrogens (tertiary/aromatic N) is 5. The van der Waals surface area contributed by atoms with Gasteiger partial charge in [0.25, 0.3) is 0 Å². The van der Waals surface area contributed by atoms with Crippen LogP contribution in [0.2, 0.25) is 0 Å². The number of rotatable bonds is 8. The third-order valence-corrected chi connectivity index (χ3v) is 14.2. The van der Waals surface area contributed by atoms with Crippen molar-refractivity contribution in [2.45, 2.75) is 27.7 Å². The van der Waals surface area contributed by atoms with Gasteiger partial charge in [-0.05, 0) is 144 Å². The first-order valence-electron chi connectivity index (χ1n) is 27.1. The van der Waals surface area contributed by atoms with Crippen LogP contribution in [0.4, 0.5) is 0 Å². The number of hydrogen-bond acceptors (Lipinski definition) is 2. The Morgan fingerprint density at radius 2 is 0.810 bits per heavy atom. The Hall–Kier alpha value is -10.1. The van der Waals surface area contributed by atoms with E-state index in [1.807, 2.05) is 52.1 Å². The summed E-state index contributed by atoms with van der Waals surface area (Å²) in [5.41, 5.74) is 19.0. The molecule has 0 fully saturated rings. The molecule has 0 aliphatic rings. The number of allylic oxidation sites excluding steroid dienone is 4. The van der Waals surface area contributed by atoms with Crippen LogP contribution >= 0.6 is 0 Å². The maximum Gasteiger partial charge on any atom is 0.138 e. The number of benzene rings is 9. The minimum absolute atomic E-state index is 0.890. The maximum atomic E-state index is 5.36. The molecule has 14 aromatic rings. The molecule has 0 aliphatic heterocycles. The fourth-order valence-electron chi connectivity index (χ4n) is 10.8. The first kappa shape index (κ1) is 51.0. The van der Waals surface area contributed by atoms with Crippen molar-refractivity contribution in [2.24, 2.45) is 0 Å². The molecule has 5 heteroatoms. The monoisotopic (exact) mass is 1020 g/mol. The molecule has 0 saturated heterocycles. The number of aromatic nitrogens is 5. The van der Waals surface area contributed by atoms with Gasteiger partial charge in [0, 0.05) is 50.1 Å². The summed E-state index contributed by atoms with van der Waals surface area (Å²) >= 11 is 0. The summed E-state index contributed by atoms with van der Waals surface area (Å²) in [5, 5.41) is 5.95. The minimum Gasteiger partial charge on any atom is -0.309 e. The van der Waals surface area contributed by atoms with Crippen LogP contribution in [-0.4, -0.2) is 23.7 Å². The van der Waals surface area contributed by atoms with Crippen LogP contribution in [0, 0.1) is 0 Å². The van der Waals surface area contributed by atoms with Crippen molar-refractivity contribution < 1.29 is 0 Å². The highest BCUT2D eigenvalue weighted by Gasteiger charge is 2.19. The van der Waals surface area contributed by atoms with Crippen LogP contribution in [0.25, 0.3) is 127 Å². The molecule has 0 atom stereocenters. The zero-order chi connectivity index (χ0) is 54.2. The fourth-order valence-corrected chi connectivity index (χ4v) is 10.8. The van der Waals surface area contributed by atoms with Gasteiger partial charge in [0.1, 0.15) is 5.82 Å². The van der Waals surface area contributed by atoms with Crippen molar-refractivity contribution in [3.63, 3.8) is 0 Å². The van der Waals surface area contributed by atoms with E-state index in [0.29, 0.717) is 0 Å².